The van der Waals surface area contributed by atoms with Crippen molar-refractivity contribution in [2.75, 3.05) is 7.11 Å². The molecule has 1 heterocycles. The molecule has 0 spiro atoms. The number of rotatable bonds is 1. The number of aromatic nitrogens is 2. The van der Waals surface area contributed by atoms with Crippen LogP contribution in [0.25, 0.3) is 10.9 Å². The first-order valence-corrected chi connectivity index (χ1v) is 5.12. The second kappa shape index (κ2) is 3.66. The minimum atomic E-state index is -0.352. The Hall–Kier alpha value is -1.36. The number of hydrogen-bond acceptors (Lipinski definition) is 3. The number of aryl methyl sites for hydroxylation is 1. The lowest BCUT2D eigenvalue weighted by molar-refractivity contribution is 0.0603. The van der Waals surface area contributed by atoms with E-state index in [-0.39, 0.29) is 5.97 Å². The molecule has 0 aliphatic carbocycles. The number of ether oxygens (including phenoxy) is 1. The summed E-state index contributed by atoms with van der Waals surface area (Å²) in [5.41, 5.74) is 1.42. The van der Waals surface area contributed by atoms with Gasteiger partial charge in [-0.2, -0.15) is 5.10 Å². The molecule has 0 unspecified atom stereocenters. The van der Waals surface area contributed by atoms with Crippen molar-refractivity contribution in [3.8, 4) is 0 Å². The smallest absolute Gasteiger partial charge is 0.338 e. The first-order valence-electron chi connectivity index (χ1n) is 4.33. The number of esters is 1. The molecule has 0 amide bonds. The largest absolute Gasteiger partial charge is 0.465 e. The Balaban J connectivity index is 2.78. The third-order valence-electron chi connectivity index (χ3n) is 2.24. The van der Waals surface area contributed by atoms with E-state index >= 15 is 0 Å². The van der Waals surface area contributed by atoms with Crippen LogP contribution in [0.1, 0.15) is 10.4 Å². The molecule has 0 saturated heterocycles. The molecule has 0 atom stereocenters. The van der Waals surface area contributed by atoms with Crippen molar-refractivity contribution < 1.29 is 9.53 Å². The first-order chi connectivity index (χ1) is 7.13. The van der Waals surface area contributed by atoms with Crippen LogP contribution in [-0.2, 0) is 11.8 Å². The van der Waals surface area contributed by atoms with Crippen LogP contribution in [0.4, 0.5) is 0 Å². The van der Waals surface area contributed by atoms with Gasteiger partial charge in [-0.15, -0.1) is 0 Å². The maximum absolute atomic E-state index is 11.5. The van der Waals surface area contributed by atoms with Gasteiger partial charge < -0.3 is 4.74 Å². The molecule has 4 nitrogen and oxygen atoms in total. The third kappa shape index (κ3) is 1.63. The second-order valence-electron chi connectivity index (χ2n) is 3.15. The van der Waals surface area contributed by atoms with Crippen molar-refractivity contribution in [1.29, 1.82) is 0 Å². The van der Waals surface area contributed by atoms with Crippen LogP contribution in [0.5, 0.6) is 0 Å². The average molecular weight is 269 g/mol. The zero-order valence-electron chi connectivity index (χ0n) is 8.32. The van der Waals surface area contributed by atoms with Crippen LogP contribution in [-0.4, -0.2) is 22.9 Å². The summed E-state index contributed by atoms with van der Waals surface area (Å²) >= 11 is 3.35. The van der Waals surface area contributed by atoms with Crippen molar-refractivity contribution in [3.05, 3.63) is 28.4 Å². The predicted octanol–water partition coefficient (Wildman–Crippen LogP) is 2.12. The summed E-state index contributed by atoms with van der Waals surface area (Å²) in [5.74, 6) is -0.352. The highest BCUT2D eigenvalue weighted by atomic mass is 79.9. The van der Waals surface area contributed by atoms with Crippen molar-refractivity contribution in [3.63, 3.8) is 0 Å². The summed E-state index contributed by atoms with van der Waals surface area (Å²) in [7, 11) is 3.20. The second-order valence-corrected chi connectivity index (χ2v) is 4.06. The molecule has 78 valence electrons. The number of hydrogen-bond donors (Lipinski definition) is 0. The number of fused-ring (bicyclic) bond motifs is 1. The molecule has 0 aliphatic heterocycles. The third-order valence-corrected chi connectivity index (χ3v) is 2.69. The monoisotopic (exact) mass is 268 g/mol. The molecule has 1 aromatic carbocycles. The number of carbonyl (C=O) groups excluding carboxylic acids is 1. The van der Waals surface area contributed by atoms with Gasteiger partial charge in [0.05, 0.1) is 24.4 Å². The van der Waals surface area contributed by atoms with E-state index in [1.165, 1.54) is 7.11 Å². The quantitative estimate of drug-likeness (QED) is 0.745. The summed E-state index contributed by atoms with van der Waals surface area (Å²) in [6, 6.07) is 3.64. The SMILES string of the molecule is COC(=O)c1cc(Br)cc2c1cnn2C. The van der Waals surface area contributed by atoms with Gasteiger partial charge in [0.25, 0.3) is 0 Å². The van der Waals surface area contributed by atoms with Gasteiger partial charge in [0.2, 0.25) is 0 Å². The summed E-state index contributed by atoms with van der Waals surface area (Å²) in [6.07, 6.45) is 1.66. The average Bonchev–Trinajstić information content (AvgIpc) is 2.58. The summed E-state index contributed by atoms with van der Waals surface area (Å²) in [6.45, 7) is 0. The van der Waals surface area contributed by atoms with Gasteiger partial charge >= 0.3 is 5.97 Å². The van der Waals surface area contributed by atoms with E-state index < -0.39 is 0 Å². The fourth-order valence-corrected chi connectivity index (χ4v) is 1.94. The molecule has 5 heteroatoms. The fraction of sp³-hybridized carbons (Fsp3) is 0.200. The minimum absolute atomic E-state index is 0.352. The van der Waals surface area contributed by atoms with Crippen molar-refractivity contribution >= 4 is 32.8 Å². The van der Waals surface area contributed by atoms with Gasteiger partial charge in [0.15, 0.2) is 0 Å². The minimum Gasteiger partial charge on any atom is -0.465 e. The number of methoxy groups -OCH3 is 1. The molecule has 2 rings (SSSR count). The van der Waals surface area contributed by atoms with Gasteiger partial charge in [-0.25, -0.2) is 4.79 Å². The van der Waals surface area contributed by atoms with Gasteiger partial charge in [0.1, 0.15) is 0 Å². The maximum atomic E-state index is 11.5. The number of carbonyl (C=O) groups is 1. The van der Waals surface area contributed by atoms with Gasteiger partial charge in [-0.3, -0.25) is 4.68 Å². The van der Waals surface area contributed by atoms with E-state index in [1.807, 2.05) is 13.1 Å². The van der Waals surface area contributed by atoms with E-state index in [2.05, 4.69) is 21.0 Å². The maximum Gasteiger partial charge on any atom is 0.338 e. The Labute approximate surface area is 95.0 Å². The zero-order valence-corrected chi connectivity index (χ0v) is 9.91. The van der Waals surface area contributed by atoms with Crippen molar-refractivity contribution in [2.24, 2.45) is 7.05 Å². The number of nitrogens with zero attached hydrogens (tertiary/aromatic N) is 2. The summed E-state index contributed by atoms with van der Waals surface area (Å²) < 4.78 is 7.26. The molecule has 1 aromatic heterocycles. The lowest BCUT2D eigenvalue weighted by atomic mass is 10.1. The fourth-order valence-electron chi connectivity index (χ4n) is 1.49. The van der Waals surface area contributed by atoms with E-state index in [1.54, 1.807) is 16.9 Å². The van der Waals surface area contributed by atoms with Crippen LogP contribution >= 0.6 is 15.9 Å². The lowest BCUT2D eigenvalue weighted by Gasteiger charge is -2.02. The first kappa shape index (κ1) is 10.2. The molecular formula is C10H9BrN2O2. The van der Waals surface area contributed by atoms with E-state index in [4.69, 9.17) is 4.74 Å². The molecule has 0 saturated carbocycles. The predicted molar refractivity (Wildman–Crippen MR) is 59.8 cm³/mol. The molecule has 0 bridgehead atoms. The van der Waals surface area contributed by atoms with Crippen LogP contribution in [0.3, 0.4) is 0 Å². The molecule has 0 fully saturated rings. The highest BCUT2D eigenvalue weighted by Crippen LogP contribution is 2.24. The van der Waals surface area contributed by atoms with E-state index in [0.717, 1.165) is 15.4 Å². The Bertz CT molecular complexity index is 533. The van der Waals surface area contributed by atoms with Gasteiger partial charge in [-0.1, -0.05) is 15.9 Å². The van der Waals surface area contributed by atoms with Crippen LogP contribution in [0.15, 0.2) is 22.8 Å². The topological polar surface area (TPSA) is 44.1 Å². The molecule has 2 aromatic rings. The number of halogens is 1. The van der Waals surface area contributed by atoms with Crippen LogP contribution in [0.2, 0.25) is 0 Å². The Kier molecular flexibility index (Phi) is 2.48. The molecule has 0 N–H and O–H groups in total. The highest BCUT2D eigenvalue weighted by Gasteiger charge is 2.13. The normalized spacial score (nSPS) is 10.6. The van der Waals surface area contributed by atoms with E-state index in [0.29, 0.717) is 5.56 Å². The molecule has 0 radical (unpaired) electrons. The number of benzene rings is 1. The lowest BCUT2D eigenvalue weighted by Crippen LogP contribution is -2.02. The van der Waals surface area contributed by atoms with Crippen LogP contribution in [0, 0.1) is 0 Å². The van der Waals surface area contributed by atoms with Crippen molar-refractivity contribution in [2.45, 2.75) is 0 Å². The Morgan fingerprint density at radius 2 is 2.27 bits per heavy atom. The standard InChI is InChI=1S/C10H9BrN2O2/c1-13-9-4-6(11)3-7(10(14)15-2)8(9)5-12-13/h3-5H,1-2H3. The highest BCUT2D eigenvalue weighted by molar-refractivity contribution is 9.10. The molecule has 15 heavy (non-hydrogen) atoms. The summed E-state index contributed by atoms with van der Waals surface area (Å²) in [4.78, 5) is 11.5. The van der Waals surface area contributed by atoms with Gasteiger partial charge in [0, 0.05) is 16.9 Å². The molecule has 0 aliphatic rings. The van der Waals surface area contributed by atoms with Gasteiger partial charge in [-0.05, 0) is 12.1 Å². The van der Waals surface area contributed by atoms with Crippen LogP contribution < -0.4 is 0 Å². The van der Waals surface area contributed by atoms with E-state index in [9.17, 15) is 4.79 Å². The Morgan fingerprint density at radius 3 is 2.93 bits per heavy atom. The van der Waals surface area contributed by atoms with Crippen molar-refractivity contribution in [1.82, 2.24) is 9.78 Å². The zero-order chi connectivity index (χ0) is 11.0. The molecular weight excluding hydrogens is 260 g/mol. The summed E-state index contributed by atoms with van der Waals surface area (Å²) in [5, 5.41) is 4.90. The Morgan fingerprint density at radius 1 is 1.53 bits per heavy atom.